The van der Waals surface area contributed by atoms with Crippen LogP contribution in [0, 0.1) is 5.41 Å². The lowest BCUT2D eigenvalue weighted by atomic mass is 10.0. The summed E-state index contributed by atoms with van der Waals surface area (Å²) in [7, 11) is 1.79. The summed E-state index contributed by atoms with van der Waals surface area (Å²) >= 11 is 0. The van der Waals surface area contributed by atoms with Crippen molar-refractivity contribution in [3.8, 4) is 5.75 Å². The molecule has 3 aromatic rings. The number of piperidine rings is 1. The highest BCUT2D eigenvalue weighted by Crippen LogP contribution is 2.30. The Kier molecular flexibility index (Phi) is 7.50. The quantitative estimate of drug-likeness (QED) is 0.409. The van der Waals surface area contributed by atoms with Gasteiger partial charge >= 0.3 is 6.36 Å². The Balaban J connectivity index is 1.39. The molecule has 2 heterocycles. The predicted molar refractivity (Wildman–Crippen MR) is 131 cm³/mol. The van der Waals surface area contributed by atoms with Gasteiger partial charge < -0.3 is 25.7 Å². The second kappa shape index (κ2) is 10.7. The largest absolute Gasteiger partial charge is 0.573 e. The summed E-state index contributed by atoms with van der Waals surface area (Å²) in [5, 5.41) is 25.0. The zero-order valence-corrected chi connectivity index (χ0v) is 19.3. The number of ether oxygens (including phenoxy) is 1. The van der Waals surface area contributed by atoms with E-state index in [1.54, 1.807) is 25.3 Å². The van der Waals surface area contributed by atoms with E-state index in [0.717, 1.165) is 53.8 Å². The van der Waals surface area contributed by atoms with Crippen molar-refractivity contribution < 1.29 is 17.9 Å². The van der Waals surface area contributed by atoms with Crippen LogP contribution in [0.15, 0.2) is 54.6 Å². The van der Waals surface area contributed by atoms with Crippen molar-refractivity contribution >= 4 is 28.5 Å². The van der Waals surface area contributed by atoms with Crippen LogP contribution in [-0.4, -0.2) is 49.0 Å². The lowest BCUT2D eigenvalue weighted by Gasteiger charge is -2.33. The smallest absolute Gasteiger partial charge is 0.406 e. The van der Waals surface area contributed by atoms with E-state index in [1.165, 1.54) is 18.3 Å². The highest BCUT2D eigenvalue weighted by Gasteiger charge is 2.31. The van der Waals surface area contributed by atoms with Crippen molar-refractivity contribution in [2.24, 2.45) is 0 Å². The highest BCUT2D eigenvalue weighted by molar-refractivity contribution is 5.99. The fourth-order valence-corrected chi connectivity index (χ4v) is 4.25. The third-order valence-corrected chi connectivity index (χ3v) is 5.99. The van der Waals surface area contributed by atoms with Gasteiger partial charge in [-0.15, -0.1) is 23.4 Å². The summed E-state index contributed by atoms with van der Waals surface area (Å²) in [6.45, 7) is 2.19. The van der Waals surface area contributed by atoms with Crippen LogP contribution in [0.5, 0.6) is 5.75 Å². The van der Waals surface area contributed by atoms with Crippen molar-refractivity contribution in [3.63, 3.8) is 0 Å². The van der Waals surface area contributed by atoms with Gasteiger partial charge in [-0.25, -0.2) is 0 Å². The summed E-state index contributed by atoms with van der Waals surface area (Å²) < 4.78 is 40.9. The van der Waals surface area contributed by atoms with Crippen LogP contribution in [0.1, 0.15) is 24.1 Å². The average Bonchev–Trinajstić information content (AvgIpc) is 2.86. The topological polar surface area (TPSA) is 86.2 Å². The first-order valence-corrected chi connectivity index (χ1v) is 11.4. The monoisotopic (exact) mass is 484 g/mol. The molecule has 0 unspecified atom stereocenters. The van der Waals surface area contributed by atoms with Crippen LogP contribution in [0.4, 0.5) is 19.0 Å². The third-order valence-electron chi connectivity index (χ3n) is 5.99. The molecule has 1 saturated heterocycles. The molecule has 0 atom stereocenters. The molecule has 2 aromatic carbocycles. The average molecular weight is 485 g/mol. The maximum absolute atomic E-state index is 12.3. The maximum atomic E-state index is 12.3. The first kappa shape index (κ1) is 24.5. The van der Waals surface area contributed by atoms with Gasteiger partial charge in [-0.2, -0.15) is 0 Å². The van der Waals surface area contributed by atoms with E-state index in [-0.39, 0.29) is 5.75 Å². The van der Waals surface area contributed by atoms with Gasteiger partial charge in [-0.3, -0.25) is 0 Å². The summed E-state index contributed by atoms with van der Waals surface area (Å²) in [5.74, 6) is 0.623. The first-order chi connectivity index (χ1) is 16.9. The summed E-state index contributed by atoms with van der Waals surface area (Å²) in [4.78, 5) is 2.24. The van der Waals surface area contributed by atoms with E-state index in [4.69, 9.17) is 5.41 Å². The number of rotatable bonds is 8. The summed E-state index contributed by atoms with van der Waals surface area (Å²) in [5.41, 5.74) is 2.34. The number of nitrogens with zero attached hydrogens (tertiary/aromatic N) is 3. The molecule has 184 valence electrons. The van der Waals surface area contributed by atoms with Crippen LogP contribution < -0.4 is 20.3 Å². The van der Waals surface area contributed by atoms with Crippen molar-refractivity contribution in [3.05, 3.63) is 65.9 Å². The third kappa shape index (κ3) is 6.07. The molecule has 1 fully saturated rings. The van der Waals surface area contributed by atoms with Crippen molar-refractivity contribution in [2.45, 2.75) is 31.8 Å². The Labute approximate surface area is 201 Å². The number of halogens is 3. The van der Waals surface area contributed by atoms with E-state index < -0.39 is 6.36 Å². The highest BCUT2D eigenvalue weighted by atomic mass is 19.4. The van der Waals surface area contributed by atoms with Crippen molar-refractivity contribution in [1.29, 1.82) is 5.41 Å². The molecule has 4 rings (SSSR count). The van der Waals surface area contributed by atoms with Crippen LogP contribution >= 0.6 is 0 Å². The van der Waals surface area contributed by atoms with Crippen molar-refractivity contribution in [2.75, 3.05) is 25.0 Å². The lowest BCUT2D eigenvalue weighted by molar-refractivity contribution is -0.274. The SMILES string of the molecule is CN/C(=C\C=N)c1nnc(N2CCC(NCc3ccc(OC(F)(F)F)cc3)CC2)c2ccccc12. The number of hydrogen-bond acceptors (Lipinski definition) is 7. The van der Waals surface area contributed by atoms with Crippen LogP contribution in [0.25, 0.3) is 16.5 Å². The van der Waals surface area contributed by atoms with E-state index in [1.807, 2.05) is 24.3 Å². The van der Waals surface area contributed by atoms with E-state index >= 15 is 0 Å². The number of aromatic nitrogens is 2. The minimum Gasteiger partial charge on any atom is -0.406 e. The molecule has 0 bridgehead atoms. The molecule has 1 aromatic heterocycles. The van der Waals surface area contributed by atoms with Crippen LogP contribution in [0.2, 0.25) is 0 Å². The number of anilines is 1. The minimum atomic E-state index is -4.68. The van der Waals surface area contributed by atoms with Crippen molar-refractivity contribution in [1.82, 2.24) is 20.8 Å². The zero-order valence-electron chi connectivity index (χ0n) is 19.3. The van der Waals surface area contributed by atoms with Gasteiger partial charge in [0.25, 0.3) is 0 Å². The number of allylic oxidation sites excluding steroid dienone is 1. The number of alkyl halides is 3. The number of nitrogens with one attached hydrogen (secondary N) is 3. The molecule has 3 N–H and O–H groups in total. The molecule has 0 amide bonds. The summed E-state index contributed by atoms with van der Waals surface area (Å²) in [6, 6.07) is 14.2. The first-order valence-electron chi connectivity index (χ1n) is 11.4. The lowest BCUT2D eigenvalue weighted by Crippen LogP contribution is -2.42. The Bertz CT molecular complexity index is 1190. The van der Waals surface area contributed by atoms with Crippen LogP contribution in [0.3, 0.4) is 0 Å². The second-order valence-electron chi connectivity index (χ2n) is 8.25. The molecule has 0 radical (unpaired) electrons. The van der Waals surface area contributed by atoms with Gasteiger partial charge in [0.2, 0.25) is 0 Å². The van der Waals surface area contributed by atoms with E-state index in [0.29, 0.717) is 18.3 Å². The maximum Gasteiger partial charge on any atom is 0.573 e. The molecular formula is C25H27F3N6O. The fraction of sp³-hybridized carbons (Fsp3) is 0.320. The molecule has 0 spiro atoms. The van der Waals surface area contributed by atoms with E-state index in [2.05, 4.69) is 30.5 Å². The Hall–Kier alpha value is -3.66. The molecule has 10 heteroatoms. The van der Waals surface area contributed by atoms with E-state index in [9.17, 15) is 13.2 Å². The molecule has 1 aliphatic heterocycles. The Morgan fingerprint density at radius 3 is 2.40 bits per heavy atom. The van der Waals surface area contributed by atoms with Gasteiger partial charge in [0, 0.05) is 49.7 Å². The molecule has 7 nitrogen and oxygen atoms in total. The van der Waals surface area contributed by atoms with Crippen LogP contribution in [-0.2, 0) is 6.54 Å². The van der Waals surface area contributed by atoms with Gasteiger partial charge in [0.05, 0.1) is 5.70 Å². The molecule has 1 aliphatic rings. The standard InChI is InChI=1S/C25H27F3N6O/c1-30-22(10-13-29)23-20-4-2-3-5-21(20)24(33-32-23)34-14-11-18(12-15-34)31-16-17-6-8-19(9-7-17)35-25(26,27)28/h2-10,13,18,29-31H,11-12,14-16H2,1H3/b22-10-,29-13?. The molecule has 0 saturated carbocycles. The predicted octanol–water partition coefficient (Wildman–Crippen LogP) is 4.50. The fourth-order valence-electron chi connectivity index (χ4n) is 4.25. The number of benzene rings is 2. The van der Waals surface area contributed by atoms with Gasteiger partial charge in [0.1, 0.15) is 11.4 Å². The number of fused-ring (bicyclic) bond motifs is 1. The normalized spacial score (nSPS) is 15.3. The van der Waals surface area contributed by atoms with Gasteiger partial charge in [-0.1, -0.05) is 36.4 Å². The Morgan fingerprint density at radius 1 is 1.09 bits per heavy atom. The zero-order chi connectivity index (χ0) is 24.8. The van der Waals surface area contributed by atoms with Gasteiger partial charge in [0.15, 0.2) is 5.82 Å². The molecule has 0 aliphatic carbocycles. The number of hydrogen-bond donors (Lipinski definition) is 3. The minimum absolute atomic E-state index is 0.218. The molecule has 35 heavy (non-hydrogen) atoms. The second-order valence-corrected chi connectivity index (χ2v) is 8.25. The van der Waals surface area contributed by atoms with Gasteiger partial charge in [-0.05, 0) is 36.6 Å². The summed E-state index contributed by atoms with van der Waals surface area (Å²) in [6.07, 6.45) is 0.00398. The Morgan fingerprint density at radius 2 is 1.77 bits per heavy atom. The molecular weight excluding hydrogens is 457 g/mol.